The fourth-order valence-corrected chi connectivity index (χ4v) is 1.83. The first kappa shape index (κ1) is 22.2. The van der Waals surface area contributed by atoms with Gasteiger partial charge in [0.1, 0.15) is 19.0 Å². The van der Waals surface area contributed by atoms with Crippen molar-refractivity contribution in [3.05, 3.63) is 24.3 Å². The topological polar surface area (TPSA) is 81.4 Å². The maximum atomic E-state index is 5.77. The van der Waals surface area contributed by atoms with E-state index in [1.807, 2.05) is 18.2 Å². The van der Waals surface area contributed by atoms with Gasteiger partial charge in [0.2, 0.25) is 0 Å². The number of nitrogens with two attached hydrogens (primary N) is 1. The van der Waals surface area contributed by atoms with Crippen LogP contribution in [-0.2, 0) is 23.7 Å². The number of nitrogen functional groups attached to an aromatic ring is 1. The summed E-state index contributed by atoms with van der Waals surface area (Å²) in [5.41, 5.74) is 6.40. The average molecular weight is 367 g/mol. The lowest BCUT2D eigenvalue weighted by molar-refractivity contribution is -0.0110. The monoisotopic (exact) mass is 367 g/mol. The largest absolute Gasteiger partial charge is 0.489 e. The van der Waals surface area contributed by atoms with Gasteiger partial charge in [0.05, 0.1) is 65.1 Å². The Morgan fingerprint density at radius 3 is 1.65 bits per heavy atom. The molecule has 0 radical (unpaired) electrons. The van der Waals surface area contributed by atoms with Crippen molar-refractivity contribution >= 4 is 5.69 Å². The van der Waals surface area contributed by atoms with Gasteiger partial charge in [-0.25, -0.2) is 0 Å². The molecule has 7 heteroatoms. The van der Waals surface area contributed by atoms with E-state index in [1.54, 1.807) is 6.07 Å². The zero-order chi connectivity index (χ0) is 18.7. The van der Waals surface area contributed by atoms with Gasteiger partial charge in [0.15, 0.2) is 0 Å². The van der Waals surface area contributed by atoms with Gasteiger partial charge in [-0.1, -0.05) is 18.1 Å². The minimum atomic E-state index is 0.315. The average Bonchev–Trinajstić information content (AvgIpc) is 2.65. The fourth-order valence-electron chi connectivity index (χ4n) is 1.83. The van der Waals surface area contributed by atoms with Crippen LogP contribution >= 0.6 is 0 Å². The summed E-state index contributed by atoms with van der Waals surface area (Å²) in [7, 11) is 0. The third-order valence-corrected chi connectivity index (χ3v) is 3.08. The van der Waals surface area contributed by atoms with Gasteiger partial charge in [-0.15, -0.1) is 6.42 Å². The number of hydrogen-bond acceptors (Lipinski definition) is 7. The highest BCUT2D eigenvalue weighted by Gasteiger charge is 1.98. The molecule has 0 bridgehead atoms. The van der Waals surface area contributed by atoms with E-state index in [2.05, 4.69) is 5.92 Å². The standard InChI is InChI=1S/C19H29NO6/c1-2-7-21-8-9-22-10-11-23-12-13-24-14-15-25-16-17-26-19-6-4-3-5-18(19)20/h1,3-6H,7-17,20H2. The van der Waals surface area contributed by atoms with E-state index in [9.17, 15) is 0 Å². The molecule has 0 aromatic heterocycles. The molecule has 7 nitrogen and oxygen atoms in total. The summed E-state index contributed by atoms with van der Waals surface area (Å²) in [5.74, 6) is 3.06. The molecule has 0 aliphatic heterocycles. The van der Waals surface area contributed by atoms with Gasteiger partial charge in [-0.3, -0.25) is 0 Å². The molecule has 2 N–H and O–H groups in total. The van der Waals surface area contributed by atoms with E-state index in [-0.39, 0.29) is 0 Å². The minimum Gasteiger partial charge on any atom is -0.489 e. The number of terminal acetylenes is 1. The lowest BCUT2D eigenvalue weighted by Crippen LogP contribution is -2.14. The quantitative estimate of drug-likeness (QED) is 0.253. The summed E-state index contributed by atoms with van der Waals surface area (Å²) < 4.78 is 32.1. The molecule has 0 spiro atoms. The Kier molecular flexibility index (Phi) is 14.2. The Morgan fingerprint density at radius 1 is 0.692 bits per heavy atom. The Hall–Kier alpha value is -1.82. The zero-order valence-electron chi connectivity index (χ0n) is 15.2. The SMILES string of the molecule is C#CCOCCOCCOCCOCCOCCOc1ccccc1N. The van der Waals surface area contributed by atoms with E-state index < -0.39 is 0 Å². The van der Waals surface area contributed by atoms with Crippen molar-refractivity contribution in [3.8, 4) is 18.1 Å². The van der Waals surface area contributed by atoms with E-state index in [4.69, 9.17) is 40.6 Å². The van der Waals surface area contributed by atoms with Crippen LogP contribution in [-0.4, -0.2) is 72.7 Å². The summed E-state index contributed by atoms with van der Waals surface area (Å²) in [6, 6.07) is 7.37. The fraction of sp³-hybridized carbons (Fsp3) is 0.579. The molecular weight excluding hydrogens is 338 g/mol. The molecule has 0 aliphatic carbocycles. The molecule has 0 saturated heterocycles. The number of ether oxygens (including phenoxy) is 6. The van der Waals surface area contributed by atoms with Gasteiger partial charge in [0.25, 0.3) is 0 Å². The molecule has 1 aromatic carbocycles. The first-order valence-corrected chi connectivity index (χ1v) is 8.64. The van der Waals surface area contributed by atoms with Crippen LogP contribution in [0.4, 0.5) is 5.69 Å². The highest BCUT2D eigenvalue weighted by molar-refractivity contribution is 5.51. The first-order valence-electron chi connectivity index (χ1n) is 8.64. The van der Waals surface area contributed by atoms with E-state index in [1.165, 1.54) is 0 Å². The third kappa shape index (κ3) is 12.5. The third-order valence-electron chi connectivity index (χ3n) is 3.08. The second kappa shape index (κ2) is 16.6. The first-order chi connectivity index (χ1) is 12.8. The molecule has 0 atom stereocenters. The van der Waals surface area contributed by atoms with Gasteiger partial charge in [0, 0.05) is 0 Å². The second-order valence-electron chi connectivity index (χ2n) is 5.09. The molecule has 0 unspecified atom stereocenters. The molecule has 1 aromatic rings. The van der Waals surface area contributed by atoms with Crippen molar-refractivity contribution in [2.75, 3.05) is 78.4 Å². The van der Waals surface area contributed by atoms with Crippen LogP contribution < -0.4 is 10.5 Å². The second-order valence-corrected chi connectivity index (χ2v) is 5.09. The Balaban J connectivity index is 1.75. The Bertz CT molecular complexity index is 491. The van der Waals surface area contributed by atoms with Gasteiger partial charge < -0.3 is 34.2 Å². The normalized spacial score (nSPS) is 10.6. The van der Waals surface area contributed by atoms with Crippen molar-refractivity contribution < 1.29 is 28.4 Å². The lowest BCUT2D eigenvalue weighted by Gasteiger charge is -2.09. The van der Waals surface area contributed by atoms with Gasteiger partial charge >= 0.3 is 0 Å². The van der Waals surface area contributed by atoms with Crippen LogP contribution in [0.5, 0.6) is 5.75 Å². The number of para-hydroxylation sites is 2. The Labute approximate surface area is 155 Å². The van der Waals surface area contributed by atoms with E-state index in [0.717, 1.165) is 0 Å². The summed E-state index contributed by atoms with van der Waals surface area (Å²) in [4.78, 5) is 0. The van der Waals surface area contributed by atoms with Crippen LogP contribution in [0.1, 0.15) is 0 Å². The minimum absolute atomic E-state index is 0.315. The number of rotatable bonds is 17. The summed E-state index contributed by atoms with van der Waals surface area (Å²) in [6.07, 6.45) is 5.05. The van der Waals surface area contributed by atoms with Crippen LogP contribution in [0.3, 0.4) is 0 Å². The Morgan fingerprint density at radius 2 is 1.15 bits per heavy atom. The van der Waals surface area contributed by atoms with Crippen molar-refractivity contribution in [1.82, 2.24) is 0 Å². The van der Waals surface area contributed by atoms with Crippen molar-refractivity contribution in [2.45, 2.75) is 0 Å². The van der Waals surface area contributed by atoms with Crippen LogP contribution in [0.2, 0.25) is 0 Å². The molecule has 146 valence electrons. The lowest BCUT2D eigenvalue weighted by atomic mass is 10.3. The maximum absolute atomic E-state index is 5.77. The smallest absolute Gasteiger partial charge is 0.142 e. The zero-order valence-corrected chi connectivity index (χ0v) is 15.2. The number of hydrogen-bond donors (Lipinski definition) is 1. The molecular formula is C19H29NO6. The molecule has 0 fully saturated rings. The predicted octanol–water partition coefficient (Wildman–Crippen LogP) is 1.36. The molecule has 26 heavy (non-hydrogen) atoms. The van der Waals surface area contributed by atoms with Crippen molar-refractivity contribution in [1.29, 1.82) is 0 Å². The maximum Gasteiger partial charge on any atom is 0.142 e. The molecule has 0 aliphatic rings. The van der Waals surface area contributed by atoms with Crippen molar-refractivity contribution in [2.24, 2.45) is 0 Å². The molecule has 0 heterocycles. The summed E-state index contributed by atoms with van der Waals surface area (Å²) >= 11 is 0. The highest BCUT2D eigenvalue weighted by Crippen LogP contribution is 2.19. The van der Waals surface area contributed by atoms with Crippen LogP contribution in [0.25, 0.3) is 0 Å². The predicted molar refractivity (Wildman–Crippen MR) is 99.3 cm³/mol. The van der Waals surface area contributed by atoms with Gasteiger partial charge in [-0.05, 0) is 12.1 Å². The summed E-state index contributed by atoms with van der Waals surface area (Å²) in [6.45, 7) is 5.37. The number of anilines is 1. The van der Waals surface area contributed by atoms with Crippen molar-refractivity contribution in [3.63, 3.8) is 0 Å². The molecule has 0 saturated carbocycles. The van der Waals surface area contributed by atoms with Gasteiger partial charge in [-0.2, -0.15) is 0 Å². The van der Waals surface area contributed by atoms with E-state index in [0.29, 0.717) is 84.1 Å². The highest BCUT2D eigenvalue weighted by atomic mass is 16.6. The molecule has 1 rings (SSSR count). The van der Waals surface area contributed by atoms with Crippen LogP contribution in [0.15, 0.2) is 24.3 Å². The van der Waals surface area contributed by atoms with E-state index >= 15 is 0 Å². The summed E-state index contributed by atoms with van der Waals surface area (Å²) in [5, 5.41) is 0. The molecule has 0 amide bonds. The number of benzene rings is 1. The van der Waals surface area contributed by atoms with Crippen LogP contribution in [0, 0.1) is 12.3 Å².